The van der Waals surface area contributed by atoms with Gasteiger partial charge in [0.25, 0.3) is 0 Å². The quantitative estimate of drug-likeness (QED) is 0.841. The number of benzene rings is 1. The number of nitrogens with one attached hydrogen (secondary N) is 1. The van der Waals surface area contributed by atoms with Gasteiger partial charge in [0.1, 0.15) is 6.07 Å². The van der Waals surface area contributed by atoms with Crippen LogP contribution >= 0.6 is 15.9 Å². The van der Waals surface area contributed by atoms with Crippen LogP contribution in [-0.4, -0.2) is 6.04 Å². The Labute approximate surface area is 102 Å². The largest absolute Gasteiger partial charge is 0.379 e. The van der Waals surface area contributed by atoms with Crippen LogP contribution in [0.5, 0.6) is 0 Å². The summed E-state index contributed by atoms with van der Waals surface area (Å²) in [6.45, 7) is 0. The lowest BCUT2D eigenvalue weighted by Gasteiger charge is -2.15. The Hall–Kier alpha value is -1.34. The molecule has 0 aromatic heterocycles. The third-order valence-electron chi connectivity index (χ3n) is 2.57. The van der Waals surface area contributed by atoms with Crippen molar-refractivity contribution in [3.05, 3.63) is 40.1 Å². The average Bonchev–Trinajstić information content (AvgIpc) is 2.78. The standard InChI is InChI=1S/C12H10BrFN2/c13-11-8(7-15)5-6-10(12(11)14)16-9-3-1-2-4-9/h1-2,5-6,9,16H,3-4H2. The van der Waals surface area contributed by atoms with Gasteiger partial charge in [-0.2, -0.15) is 5.26 Å². The molecule has 1 N–H and O–H groups in total. The summed E-state index contributed by atoms with van der Waals surface area (Å²) in [4.78, 5) is 0. The molecule has 1 aromatic carbocycles. The minimum atomic E-state index is -0.397. The van der Waals surface area contributed by atoms with Crippen LogP contribution in [-0.2, 0) is 0 Å². The van der Waals surface area contributed by atoms with E-state index in [4.69, 9.17) is 5.26 Å². The highest BCUT2D eigenvalue weighted by atomic mass is 79.9. The summed E-state index contributed by atoms with van der Waals surface area (Å²) < 4.78 is 14.0. The first kappa shape index (κ1) is 11.2. The van der Waals surface area contributed by atoms with Crippen LogP contribution in [0.25, 0.3) is 0 Å². The Kier molecular flexibility index (Phi) is 3.25. The Balaban J connectivity index is 2.22. The molecule has 1 aliphatic carbocycles. The second-order valence-electron chi connectivity index (χ2n) is 3.68. The fourth-order valence-corrected chi connectivity index (χ4v) is 2.14. The molecule has 0 radical (unpaired) electrons. The van der Waals surface area contributed by atoms with Gasteiger partial charge in [0.2, 0.25) is 0 Å². The molecular weight excluding hydrogens is 271 g/mol. The van der Waals surface area contributed by atoms with Crippen LogP contribution in [0.15, 0.2) is 28.8 Å². The normalized spacial score (nSPS) is 15.1. The van der Waals surface area contributed by atoms with Crippen molar-refractivity contribution in [1.82, 2.24) is 0 Å². The molecule has 4 heteroatoms. The van der Waals surface area contributed by atoms with Crippen molar-refractivity contribution in [3.8, 4) is 6.07 Å². The van der Waals surface area contributed by atoms with Gasteiger partial charge in [-0.05, 0) is 40.9 Å². The molecule has 0 fully saturated rings. The lowest BCUT2D eigenvalue weighted by molar-refractivity contribution is 0.618. The molecule has 0 spiro atoms. The van der Waals surface area contributed by atoms with E-state index in [1.54, 1.807) is 12.1 Å². The zero-order chi connectivity index (χ0) is 11.5. The molecule has 0 unspecified atom stereocenters. The van der Waals surface area contributed by atoms with E-state index in [9.17, 15) is 4.39 Å². The molecule has 82 valence electrons. The van der Waals surface area contributed by atoms with Gasteiger partial charge < -0.3 is 5.32 Å². The number of nitrogens with zero attached hydrogens (tertiary/aromatic N) is 1. The highest BCUT2D eigenvalue weighted by molar-refractivity contribution is 9.10. The van der Waals surface area contributed by atoms with Gasteiger partial charge in [0.05, 0.1) is 15.7 Å². The highest BCUT2D eigenvalue weighted by Gasteiger charge is 2.15. The summed E-state index contributed by atoms with van der Waals surface area (Å²) in [5.41, 5.74) is 0.757. The fraction of sp³-hybridized carbons (Fsp3) is 0.250. The number of hydrogen-bond donors (Lipinski definition) is 1. The van der Waals surface area contributed by atoms with Crippen molar-refractivity contribution in [2.24, 2.45) is 0 Å². The topological polar surface area (TPSA) is 35.8 Å². The van der Waals surface area contributed by atoms with Crippen LogP contribution in [0, 0.1) is 17.1 Å². The maximum absolute atomic E-state index is 13.8. The van der Waals surface area contributed by atoms with Crippen molar-refractivity contribution in [2.45, 2.75) is 18.9 Å². The van der Waals surface area contributed by atoms with Gasteiger partial charge in [-0.25, -0.2) is 4.39 Å². The first-order chi connectivity index (χ1) is 7.72. The number of rotatable bonds is 2. The van der Waals surface area contributed by atoms with Gasteiger partial charge in [0, 0.05) is 6.04 Å². The number of anilines is 1. The SMILES string of the molecule is N#Cc1ccc(NC2CC=CC2)c(F)c1Br. The summed E-state index contributed by atoms with van der Waals surface area (Å²) >= 11 is 3.09. The number of hydrogen-bond acceptors (Lipinski definition) is 2. The summed E-state index contributed by atoms with van der Waals surface area (Å²) in [6.07, 6.45) is 5.98. The predicted octanol–water partition coefficient (Wildman–Crippen LogP) is 3.59. The van der Waals surface area contributed by atoms with Crippen molar-refractivity contribution in [1.29, 1.82) is 5.26 Å². The van der Waals surface area contributed by atoms with E-state index in [1.807, 2.05) is 6.07 Å². The van der Waals surface area contributed by atoms with E-state index in [-0.39, 0.29) is 10.5 Å². The molecule has 0 saturated heterocycles. The van der Waals surface area contributed by atoms with E-state index in [2.05, 4.69) is 33.4 Å². The van der Waals surface area contributed by atoms with E-state index >= 15 is 0 Å². The number of halogens is 2. The van der Waals surface area contributed by atoms with Gasteiger partial charge in [-0.15, -0.1) is 0 Å². The molecule has 0 heterocycles. The third-order valence-corrected chi connectivity index (χ3v) is 3.35. The van der Waals surface area contributed by atoms with Crippen LogP contribution in [0.3, 0.4) is 0 Å². The van der Waals surface area contributed by atoms with Gasteiger partial charge in [-0.3, -0.25) is 0 Å². The second-order valence-corrected chi connectivity index (χ2v) is 4.48. The monoisotopic (exact) mass is 280 g/mol. The van der Waals surface area contributed by atoms with Crippen molar-refractivity contribution in [3.63, 3.8) is 0 Å². The summed E-state index contributed by atoms with van der Waals surface area (Å²) in [5, 5.41) is 11.9. The first-order valence-electron chi connectivity index (χ1n) is 5.02. The molecule has 2 nitrogen and oxygen atoms in total. The summed E-state index contributed by atoms with van der Waals surface area (Å²) in [7, 11) is 0. The fourth-order valence-electron chi connectivity index (χ4n) is 1.70. The molecule has 0 bridgehead atoms. The van der Waals surface area contributed by atoms with Gasteiger partial charge >= 0.3 is 0 Å². The third kappa shape index (κ3) is 2.10. The zero-order valence-corrected chi connectivity index (χ0v) is 10.1. The molecule has 2 rings (SSSR count). The Bertz CT molecular complexity index is 469. The molecule has 0 atom stereocenters. The smallest absolute Gasteiger partial charge is 0.161 e. The van der Waals surface area contributed by atoms with Crippen LogP contribution in [0.1, 0.15) is 18.4 Å². The van der Waals surface area contributed by atoms with Crippen LogP contribution < -0.4 is 5.32 Å². The van der Waals surface area contributed by atoms with E-state index in [0.29, 0.717) is 11.3 Å². The van der Waals surface area contributed by atoms with E-state index < -0.39 is 5.82 Å². The van der Waals surface area contributed by atoms with Gasteiger partial charge in [-0.1, -0.05) is 12.2 Å². The van der Waals surface area contributed by atoms with Crippen molar-refractivity contribution in [2.75, 3.05) is 5.32 Å². The first-order valence-corrected chi connectivity index (χ1v) is 5.81. The molecule has 0 aliphatic heterocycles. The van der Waals surface area contributed by atoms with E-state index in [1.165, 1.54) is 0 Å². The van der Waals surface area contributed by atoms with Gasteiger partial charge in [0.15, 0.2) is 5.82 Å². The summed E-state index contributed by atoms with van der Waals surface area (Å²) in [6, 6.07) is 5.41. The lowest BCUT2D eigenvalue weighted by Crippen LogP contribution is -2.16. The molecule has 0 amide bonds. The average molecular weight is 281 g/mol. The highest BCUT2D eigenvalue weighted by Crippen LogP contribution is 2.28. The maximum Gasteiger partial charge on any atom is 0.161 e. The predicted molar refractivity (Wildman–Crippen MR) is 64.6 cm³/mol. The molecule has 1 aromatic rings. The Morgan fingerprint density at radius 2 is 2.06 bits per heavy atom. The lowest BCUT2D eigenvalue weighted by atomic mass is 10.1. The minimum Gasteiger partial charge on any atom is -0.379 e. The summed E-state index contributed by atoms with van der Waals surface area (Å²) in [5.74, 6) is -0.397. The Morgan fingerprint density at radius 1 is 1.38 bits per heavy atom. The maximum atomic E-state index is 13.8. The van der Waals surface area contributed by atoms with Crippen LogP contribution in [0.4, 0.5) is 10.1 Å². The number of nitriles is 1. The molecular formula is C12H10BrFN2. The molecule has 0 saturated carbocycles. The molecule has 16 heavy (non-hydrogen) atoms. The molecule has 1 aliphatic rings. The minimum absolute atomic E-state index is 0.228. The van der Waals surface area contributed by atoms with Crippen LogP contribution in [0.2, 0.25) is 0 Å². The zero-order valence-electron chi connectivity index (χ0n) is 8.50. The van der Waals surface area contributed by atoms with E-state index in [0.717, 1.165) is 12.8 Å². The Morgan fingerprint density at radius 3 is 2.69 bits per heavy atom. The van der Waals surface area contributed by atoms with Crippen molar-refractivity contribution < 1.29 is 4.39 Å². The van der Waals surface area contributed by atoms with Crippen molar-refractivity contribution >= 4 is 21.6 Å². The second kappa shape index (κ2) is 4.67.